The highest BCUT2D eigenvalue weighted by molar-refractivity contribution is 5.79. The van der Waals surface area contributed by atoms with Gasteiger partial charge in [-0.2, -0.15) is 0 Å². The van der Waals surface area contributed by atoms with Crippen molar-refractivity contribution in [1.29, 1.82) is 0 Å². The summed E-state index contributed by atoms with van der Waals surface area (Å²) < 4.78 is 4.89. The highest BCUT2D eigenvalue weighted by Gasteiger charge is 2.62. The highest BCUT2D eigenvalue weighted by Crippen LogP contribution is 2.65. The van der Waals surface area contributed by atoms with E-state index in [1.54, 1.807) is 0 Å². The van der Waals surface area contributed by atoms with Crippen LogP contribution in [0.15, 0.2) is 0 Å². The van der Waals surface area contributed by atoms with E-state index in [0.29, 0.717) is 16.9 Å². The van der Waals surface area contributed by atoms with E-state index in [2.05, 4.69) is 26.1 Å². The highest BCUT2D eigenvalue weighted by atomic mass is 16.5. The van der Waals surface area contributed by atoms with E-state index >= 15 is 0 Å². The molecule has 3 unspecified atom stereocenters. The van der Waals surface area contributed by atoms with E-state index in [-0.39, 0.29) is 5.97 Å². The average molecular weight is 253 g/mol. The summed E-state index contributed by atoms with van der Waals surface area (Å²) in [5.41, 5.74) is 0.0722. The minimum Gasteiger partial charge on any atom is -0.468 e. The Morgan fingerprint density at radius 3 is 2.33 bits per heavy atom. The van der Waals surface area contributed by atoms with Gasteiger partial charge in [-0.05, 0) is 49.9 Å². The van der Waals surface area contributed by atoms with Crippen molar-refractivity contribution < 1.29 is 9.53 Å². The van der Waals surface area contributed by atoms with Gasteiger partial charge in [0, 0.05) is 6.04 Å². The first-order valence-corrected chi connectivity index (χ1v) is 7.01. The van der Waals surface area contributed by atoms with Crippen LogP contribution in [0.3, 0.4) is 0 Å². The lowest BCUT2D eigenvalue weighted by Crippen LogP contribution is -2.56. The standard InChI is InChI=1S/C15H27NO2/c1-13(2)10-7-8-15(13,5)11(9-10)16-14(3,4)12(17)18-6/h10-11,16H,7-9H2,1-6H3. The molecule has 1 N–H and O–H groups in total. The zero-order valence-corrected chi connectivity index (χ0v) is 12.6. The summed E-state index contributed by atoms with van der Waals surface area (Å²) in [6.45, 7) is 11.0. The lowest BCUT2D eigenvalue weighted by molar-refractivity contribution is -0.148. The van der Waals surface area contributed by atoms with E-state index in [4.69, 9.17) is 4.74 Å². The maximum Gasteiger partial charge on any atom is 0.325 e. The molecule has 2 aliphatic carbocycles. The van der Waals surface area contributed by atoms with Crippen LogP contribution in [0, 0.1) is 16.7 Å². The first-order chi connectivity index (χ1) is 8.15. The molecule has 2 bridgehead atoms. The lowest BCUT2D eigenvalue weighted by Gasteiger charge is -2.42. The molecule has 3 nitrogen and oxygen atoms in total. The Balaban J connectivity index is 2.16. The Kier molecular flexibility index (Phi) is 3.05. The molecule has 0 spiro atoms. The van der Waals surface area contributed by atoms with Gasteiger partial charge in [0.05, 0.1) is 7.11 Å². The van der Waals surface area contributed by atoms with Crippen LogP contribution in [0.25, 0.3) is 0 Å². The SMILES string of the molecule is COC(=O)C(C)(C)NC1CC2CCC1(C)C2(C)C. The summed E-state index contributed by atoms with van der Waals surface area (Å²) in [7, 11) is 1.46. The quantitative estimate of drug-likeness (QED) is 0.786. The van der Waals surface area contributed by atoms with Crippen LogP contribution in [-0.2, 0) is 9.53 Å². The third-order valence-corrected chi connectivity index (χ3v) is 6.02. The first kappa shape index (κ1) is 13.9. The monoisotopic (exact) mass is 253 g/mol. The predicted octanol–water partition coefficient (Wildman–Crippen LogP) is 2.74. The number of fused-ring (bicyclic) bond motifs is 2. The van der Waals surface area contributed by atoms with Crippen molar-refractivity contribution in [1.82, 2.24) is 5.32 Å². The van der Waals surface area contributed by atoms with Gasteiger partial charge in [-0.3, -0.25) is 10.1 Å². The molecule has 3 heteroatoms. The Morgan fingerprint density at radius 1 is 1.33 bits per heavy atom. The molecule has 18 heavy (non-hydrogen) atoms. The van der Waals surface area contributed by atoms with Crippen molar-refractivity contribution in [2.24, 2.45) is 16.7 Å². The minimum atomic E-state index is -0.594. The topological polar surface area (TPSA) is 38.3 Å². The van der Waals surface area contributed by atoms with Crippen LogP contribution in [0.5, 0.6) is 0 Å². The van der Waals surface area contributed by atoms with E-state index in [1.807, 2.05) is 13.8 Å². The molecule has 104 valence electrons. The molecule has 2 saturated carbocycles. The van der Waals surface area contributed by atoms with Crippen molar-refractivity contribution >= 4 is 5.97 Å². The average Bonchev–Trinajstić information content (AvgIpc) is 2.60. The second-order valence-corrected chi connectivity index (χ2v) is 7.42. The van der Waals surface area contributed by atoms with Gasteiger partial charge in [0.25, 0.3) is 0 Å². The number of carbonyl (C=O) groups is 1. The molecule has 2 aliphatic rings. The minimum absolute atomic E-state index is 0.174. The maximum atomic E-state index is 11.8. The molecule has 3 atom stereocenters. The summed E-state index contributed by atoms with van der Waals surface area (Å²) in [4.78, 5) is 11.8. The van der Waals surface area contributed by atoms with Crippen LogP contribution in [-0.4, -0.2) is 24.7 Å². The number of esters is 1. The normalized spacial score (nSPS) is 37.9. The Morgan fingerprint density at radius 2 is 1.94 bits per heavy atom. The van der Waals surface area contributed by atoms with Crippen LogP contribution in [0.2, 0.25) is 0 Å². The molecule has 0 amide bonds. The van der Waals surface area contributed by atoms with Crippen LogP contribution in [0.1, 0.15) is 53.9 Å². The van der Waals surface area contributed by atoms with E-state index in [0.717, 1.165) is 5.92 Å². The summed E-state index contributed by atoms with van der Waals surface area (Å²) >= 11 is 0. The fraction of sp³-hybridized carbons (Fsp3) is 0.933. The van der Waals surface area contributed by atoms with Gasteiger partial charge in [-0.1, -0.05) is 20.8 Å². The number of ether oxygens (including phenoxy) is 1. The van der Waals surface area contributed by atoms with E-state index in [9.17, 15) is 4.79 Å². The number of hydrogen-bond acceptors (Lipinski definition) is 3. The number of nitrogens with one attached hydrogen (secondary N) is 1. The fourth-order valence-corrected chi connectivity index (χ4v) is 4.17. The van der Waals surface area contributed by atoms with E-state index in [1.165, 1.54) is 26.4 Å². The molecule has 2 fully saturated rings. The second kappa shape index (κ2) is 3.96. The zero-order chi connectivity index (χ0) is 13.8. The van der Waals surface area contributed by atoms with Gasteiger partial charge in [-0.25, -0.2) is 0 Å². The number of carbonyl (C=O) groups excluding carboxylic acids is 1. The first-order valence-electron chi connectivity index (χ1n) is 7.01. The molecule has 0 aromatic heterocycles. The third kappa shape index (κ3) is 1.70. The zero-order valence-electron chi connectivity index (χ0n) is 12.6. The van der Waals surface area contributed by atoms with Gasteiger partial charge in [-0.15, -0.1) is 0 Å². The Bertz CT molecular complexity index is 362. The summed E-state index contributed by atoms with van der Waals surface area (Å²) in [5, 5.41) is 3.56. The molecule has 0 saturated heterocycles. The fourth-order valence-electron chi connectivity index (χ4n) is 4.17. The Hall–Kier alpha value is -0.570. The summed E-state index contributed by atoms with van der Waals surface area (Å²) in [5.74, 6) is 0.611. The largest absolute Gasteiger partial charge is 0.468 e. The van der Waals surface area contributed by atoms with Gasteiger partial charge < -0.3 is 4.74 Å². The van der Waals surface area contributed by atoms with Crippen LogP contribution in [0.4, 0.5) is 0 Å². The van der Waals surface area contributed by atoms with Gasteiger partial charge in [0.15, 0.2) is 0 Å². The van der Waals surface area contributed by atoms with Crippen molar-refractivity contribution in [3.05, 3.63) is 0 Å². The van der Waals surface area contributed by atoms with Crippen LogP contribution < -0.4 is 5.32 Å². The second-order valence-electron chi connectivity index (χ2n) is 7.42. The number of methoxy groups -OCH3 is 1. The van der Waals surface area contributed by atoms with Gasteiger partial charge in [0.1, 0.15) is 5.54 Å². The summed E-state index contributed by atoms with van der Waals surface area (Å²) in [6, 6.07) is 0.417. The van der Waals surface area contributed by atoms with Crippen molar-refractivity contribution in [3.63, 3.8) is 0 Å². The molecular formula is C15H27NO2. The maximum absolute atomic E-state index is 11.8. The number of hydrogen-bond donors (Lipinski definition) is 1. The molecule has 0 aromatic rings. The molecule has 2 rings (SSSR count). The molecule has 0 aliphatic heterocycles. The molecule has 0 heterocycles. The van der Waals surface area contributed by atoms with Crippen molar-refractivity contribution in [3.8, 4) is 0 Å². The van der Waals surface area contributed by atoms with Crippen molar-refractivity contribution in [2.45, 2.75) is 65.5 Å². The van der Waals surface area contributed by atoms with Gasteiger partial charge >= 0.3 is 5.97 Å². The lowest BCUT2D eigenvalue weighted by atomic mass is 9.69. The smallest absolute Gasteiger partial charge is 0.325 e. The Labute approximate surface area is 111 Å². The number of rotatable bonds is 3. The molecule has 0 aromatic carbocycles. The van der Waals surface area contributed by atoms with E-state index < -0.39 is 5.54 Å². The van der Waals surface area contributed by atoms with Gasteiger partial charge in [0.2, 0.25) is 0 Å². The molecule has 0 radical (unpaired) electrons. The molecular weight excluding hydrogens is 226 g/mol. The third-order valence-electron chi connectivity index (χ3n) is 6.02. The predicted molar refractivity (Wildman–Crippen MR) is 72.2 cm³/mol. The van der Waals surface area contributed by atoms with Crippen molar-refractivity contribution in [2.75, 3.05) is 7.11 Å². The van der Waals surface area contributed by atoms with Crippen LogP contribution >= 0.6 is 0 Å². The summed E-state index contributed by atoms with van der Waals surface area (Å²) in [6.07, 6.45) is 3.78.